The van der Waals surface area contributed by atoms with Crippen LogP contribution in [0.15, 0.2) is 85.1 Å². The number of benzene rings is 3. The lowest BCUT2D eigenvalue weighted by atomic mass is 10.1. The molecule has 0 atom stereocenters. The number of amides is 1. The SMILES string of the molecule is CCc1ccc(OCc2cccc(C(=O)Nc3nn(Cc4ccccc4)cc3Cl)c2)cc1. The molecule has 0 bridgehead atoms. The van der Waals surface area contributed by atoms with Crippen LogP contribution in [0, 0.1) is 0 Å². The summed E-state index contributed by atoms with van der Waals surface area (Å²) in [6, 6.07) is 25.3. The summed E-state index contributed by atoms with van der Waals surface area (Å²) in [4.78, 5) is 12.8. The average Bonchev–Trinajstić information content (AvgIpc) is 3.17. The molecule has 1 aromatic heterocycles. The molecule has 3 aromatic carbocycles. The Morgan fingerprint density at radius 3 is 2.47 bits per heavy atom. The molecule has 1 amide bonds. The Hall–Kier alpha value is -3.57. The summed E-state index contributed by atoms with van der Waals surface area (Å²) in [6.45, 7) is 3.06. The van der Waals surface area contributed by atoms with E-state index in [9.17, 15) is 4.79 Å². The number of hydrogen-bond acceptors (Lipinski definition) is 3. The zero-order valence-corrected chi connectivity index (χ0v) is 18.5. The second kappa shape index (κ2) is 10.2. The third-order valence-electron chi connectivity index (χ3n) is 5.06. The summed E-state index contributed by atoms with van der Waals surface area (Å²) in [5.41, 5.74) is 3.78. The number of aromatic nitrogens is 2. The van der Waals surface area contributed by atoms with Gasteiger partial charge in [-0.1, -0.05) is 73.1 Å². The Morgan fingerprint density at radius 2 is 1.72 bits per heavy atom. The van der Waals surface area contributed by atoms with Gasteiger partial charge in [0.05, 0.1) is 6.54 Å². The molecular formula is C26H24ClN3O2. The Balaban J connectivity index is 1.39. The predicted octanol–water partition coefficient (Wildman–Crippen LogP) is 5.98. The number of nitrogens with one attached hydrogen (secondary N) is 1. The fourth-order valence-electron chi connectivity index (χ4n) is 3.30. The molecule has 4 rings (SSSR count). The van der Waals surface area contributed by atoms with Gasteiger partial charge >= 0.3 is 0 Å². The zero-order valence-electron chi connectivity index (χ0n) is 17.8. The van der Waals surface area contributed by atoms with E-state index >= 15 is 0 Å². The number of hydrogen-bond donors (Lipinski definition) is 1. The number of nitrogens with zero attached hydrogens (tertiary/aromatic N) is 2. The molecule has 0 unspecified atom stereocenters. The predicted molar refractivity (Wildman–Crippen MR) is 127 cm³/mol. The Bertz CT molecular complexity index is 1190. The molecule has 162 valence electrons. The lowest BCUT2D eigenvalue weighted by Crippen LogP contribution is -2.13. The molecule has 0 aliphatic heterocycles. The van der Waals surface area contributed by atoms with Gasteiger partial charge < -0.3 is 10.1 Å². The van der Waals surface area contributed by atoms with Crippen molar-refractivity contribution in [3.8, 4) is 5.75 Å². The first-order valence-electron chi connectivity index (χ1n) is 10.5. The minimum absolute atomic E-state index is 0.272. The number of aryl methyl sites for hydroxylation is 1. The molecule has 0 spiro atoms. The first kappa shape index (κ1) is 21.7. The molecule has 32 heavy (non-hydrogen) atoms. The van der Waals surface area contributed by atoms with Crippen LogP contribution in [0.2, 0.25) is 5.02 Å². The lowest BCUT2D eigenvalue weighted by molar-refractivity contribution is 0.102. The third-order valence-corrected chi connectivity index (χ3v) is 5.34. The van der Waals surface area contributed by atoms with Crippen LogP contribution in [0.4, 0.5) is 5.82 Å². The minimum Gasteiger partial charge on any atom is -0.489 e. The number of ether oxygens (including phenoxy) is 1. The molecule has 0 fully saturated rings. The summed E-state index contributed by atoms with van der Waals surface area (Å²) in [7, 11) is 0. The van der Waals surface area contributed by atoms with E-state index in [2.05, 4.69) is 29.5 Å². The summed E-state index contributed by atoms with van der Waals surface area (Å²) in [6.07, 6.45) is 2.70. The number of halogens is 1. The van der Waals surface area contributed by atoms with E-state index in [0.29, 0.717) is 29.6 Å². The smallest absolute Gasteiger partial charge is 0.256 e. The van der Waals surface area contributed by atoms with E-state index in [-0.39, 0.29) is 5.91 Å². The highest BCUT2D eigenvalue weighted by Gasteiger charge is 2.13. The van der Waals surface area contributed by atoms with Crippen LogP contribution < -0.4 is 10.1 Å². The molecule has 0 aliphatic carbocycles. The van der Waals surface area contributed by atoms with E-state index < -0.39 is 0 Å². The highest BCUT2D eigenvalue weighted by Crippen LogP contribution is 2.21. The first-order valence-corrected chi connectivity index (χ1v) is 10.9. The van der Waals surface area contributed by atoms with E-state index in [1.165, 1.54) is 5.56 Å². The van der Waals surface area contributed by atoms with Crippen molar-refractivity contribution in [2.45, 2.75) is 26.5 Å². The first-order chi connectivity index (χ1) is 15.6. The standard InChI is InChI=1S/C26H24ClN3O2/c1-2-19-11-13-23(14-12-19)32-18-21-9-6-10-22(15-21)26(31)28-25-24(27)17-30(29-25)16-20-7-4-3-5-8-20/h3-15,17H,2,16,18H2,1H3,(H,28,29,31). The molecule has 0 aliphatic rings. The summed E-state index contributed by atoms with van der Waals surface area (Å²) < 4.78 is 7.56. The molecule has 1 N–H and O–H groups in total. The second-order valence-electron chi connectivity index (χ2n) is 7.45. The summed E-state index contributed by atoms with van der Waals surface area (Å²) >= 11 is 6.30. The highest BCUT2D eigenvalue weighted by atomic mass is 35.5. The van der Waals surface area contributed by atoms with E-state index in [0.717, 1.165) is 23.3 Å². The van der Waals surface area contributed by atoms with Gasteiger partial charge in [0.2, 0.25) is 0 Å². The summed E-state index contributed by atoms with van der Waals surface area (Å²) in [5, 5.41) is 7.61. The van der Waals surface area contributed by atoms with Crippen LogP contribution in [0.1, 0.15) is 34.0 Å². The van der Waals surface area contributed by atoms with Crippen LogP contribution in [0.25, 0.3) is 0 Å². The van der Waals surface area contributed by atoms with Crippen molar-refractivity contribution >= 4 is 23.3 Å². The van der Waals surface area contributed by atoms with Gasteiger partial charge in [0, 0.05) is 11.8 Å². The molecule has 4 aromatic rings. The van der Waals surface area contributed by atoms with Crippen molar-refractivity contribution in [1.29, 1.82) is 0 Å². The number of carbonyl (C=O) groups excluding carboxylic acids is 1. The Labute approximate surface area is 192 Å². The van der Waals surface area contributed by atoms with E-state index in [1.807, 2.05) is 60.7 Å². The molecule has 6 heteroatoms. The van der Waals surface area contributed by atoms with Crippen LogP contribution in [0.3, 0.4) is 0 Å². The Kier molecular flexibility index (Phi) is 6.87. The van der Waals surface area contributed by atoms with Gasteiger partial charge in [-0.2, -0.15) is 5.10 Å². The quantitative estimate of drug-likeness (QED) is 0.363. The van der Waals surface area contributed by atoms with Crippen molar-refractivity contribution in [1.82, 2.24) is 9.78 Å². The van der Waals surface area contributed by atoms with E-state index in [1.54, 1.807) is 16.9 Å². The fraction of sp³-hybridized carbons (Fsp3) is 0.154. The second-order valence-corrected chi connectivity index (χ2v) is 7.86. The van der Waals surface area contributed by atoms with Crippen LogP contribution >= 0.6 is 11.6 Å². The van der Waals surface area contributed by atoms with Crippen molar-refractivity contribution in [2.24, 2.45) is 0 Å². The van der Waals surface area contributed by atoms with Gasteiger partial charge in [-0.3, -0.25) is 9.48 Å². The van der Waals surface area contributed by atoms with Crippen molar-refractivity contribution in [2.75, 3.05) is 5.32 Å². The monoisotopic (exact) mass is 445 g/mol. The third kappa shape index (κ3) is 5.56. The van der Waals surface area contributed by atoms with Crippen LogP contribution in [-0.4, -0.2) is 15.7 Å². The number of carbonyl (C=O) groups is 1. The normalized spacial score (nSPS) is 10.7. The molecule has 0 radical (unpaired) electrons. The fourth-order valence-corrected chi connectivity index (χ4v) is 3.50. The zero-order chi connectivity index (χ0) is 22.3. The van der Waals surface area contributed by atoms with E-state index in [4.69, 9.17) is 16.3 Å². The molecule has 1 heterocycles. The largest absolute Gasteiger partial charge is 0.489 e. The average molecular weight is 446 g/mol. The number of anilines is 1. The number of rotatable bonds is 8. The van der Waals surface area contributed by atoms with Crippen molar-refractivity contribution in [3.05, 3.63) is 112 Å². The van der Waals surface area contributed by atoms with Gasteiger partial charge in [-0.05, 0) is 47.4 Å². The molecule has 5 nitrogen and oxygen atoms in total. The maximum Gasteiger partial charge on any atom is 0.256 e. The summed E-state index contributed by atoms with van der Waals surface area (Å²) in [5.74, 6) is 0.865. The highest BCUT2D eigenvalue weighted by molar-refractivity contribution is 6.33. The minimum atomic E-state index is -0.272. The molecule has 0 saturated heterocycles. The molecule has 0 saturated carbocycles. The Morgan fingerprint density at radius 1 is 0.969 bits per heavy atom. The van der Waals surface area contributed by atoms with Gasteiger partial charge in [-0.25, -0.2) is 0 Å². The lowest BCUT2D eigenvalue weighted by Gasteiger charge is -2.09. The van der Waals surface area contributed by atoms with Crippen molar-refractivity contribution < 1.29 is 9.53 Å². The van der Waals surface area contributed by atoms with Gasteiger partial charge in [0.1, 0.15) is 17.4 Å². The maximum absolute atomic E-state index is 12.8. The van der Waals surface area contributed by atoms with Crippen LogP contribution in [-0.2, 0) is 19.6 Å². The van der Waals surface area contributed by atoms with Crippen molar-refractivity contribution in [3.63, 3.8) is 0 Å². The van der Waals surface area contributed by atoms with Gasteiger partial charge in [-0.15, -0.1) is 0 Å². The van der Waals surface area contributed by atoms with Crippen LogP contribution in [0.5, 0.6) is 5.75 Å². The van der Waals surface area contributed by atoms with Gasteiger partial charge in [0.15, 0.2) is 5.82 Å². The van der Waals surface area contributed by atoms with Gasteiger partial charge in [0.25, 0.3) is 5.91 Å². The molecular weight excluding hydrogens is 422 g/mol. The maximum atomic E-state index is 12.8. The topological polar surface area (TPSA) is 56.1 Å².